The van der Waals surface area contributed by atoms with E-state index in [4.69, 9.17) is 4.74 Å². The van der Waals surface area contributed by atoms with E-state index in [0.29, 0.717) is 6.61 Å². The van der Waals surface area contributed by atoms with Gasteiger partial charge in [-0.2, -0.15) is 0 Å². The highest BCUT2D eigenvalue weighted by Crippen LogP contribution is 2.23. The van der Waals surface area contributed by atoms with Gasteiger partial charge in [0.15, 0.2) is 0 Å². The van der Waals surface area contributed by atoms with Crippen LogP contribution in [0.2, 0.25) is 0 Å². The zero-order valence-corrected chi connectivity index (χ0v) is 11.2. The Morgan fingerprint density at radius 1 is 1.06 bits per heavy atom. The van der Waals surface area contributed by atoms with Crippen LogP contribution in [0.4, 0.5) is 0 Å². The molecule has 1 heterocycles. The van der Waals surface area contributed by atoms with E-state index in [9.17, 15) is 0 Å². The average molecular weight is 241 g/mol. The summed E-state index contributed by atoms with van der Waals surface area (Å²) in [6.07, 6.45) is 1.80. The summed E-state index contributed by atoms with van der Waals surface area (Å²) in [7, 11) is 0. The number of pyridine rings is 1. The lowest BCUT2D eigenvalue weighted by molar-refractivity contribution is 0.198. The van der Waals surface area contributed by atoms with Crippen LogP contribution in [0.15, 0.2) is 48.7 Å². The molecule has 0 unspecified atom stereocenters. The van der Waals surface area contributed by atoms with Crippen molar-refractivity contribution in [3.63, 3.8) is 0 Å². The summed E-state index contributed by atoms with van der Waals surface area (Å²) in [4.78, 5) is 4.34. The molecule has 2 nitrogen and oxygen atoms in total. The van der Waals surface area contributed by atoms with Crippen molar-refractivity contribution in [2.45, 2.75) is 20.8 Å². The average Bonchev–Trinajstić information content (AvgIpc) is 2.37. The molecule has 2 rings (SSSR count). The second-order valence-corrected chi connectivity index (χ2v) is 5.59. The summed E-state index contributed by atoms with van der Waals surface area (Å²) in [5, 5.41) is 0. The van der Waals surface area contributed by atoms with Crippen molar-refractivity contribution in [1.82, 2.24) is 4.98 Å². The molecule has 94 valence electrons. The van der Waals surface area contributed by atoms with Crippen LogP contribution in [0.5, 0.6) is 5.75 Å². The van der Waals surface area contributed by atoms with Crippen LogP contribution in [0.1, 0.15) is 20.8 Å². The molecule has 2 aromatic rings. The maximum absolute atomic E-state index is 5.80. The first kappa shape index (κ1) is 12.6. The Labute approximate surface area is 109 Å². The molecule has 0 saturated carbocycles. The number of hydrogen-bond donors (Lipinski definition) is 0. The van der Waals surface area contributed by atoms with E-state index in [2.05, 4.69) is 25.8 Å². The molecule has 0 aliphatic carbocycles. The van der Waals surface area contributed by atoms with Crippen molar-refractivity contribution in [1.29, 1.82) is 0 Å². The SMILES string of the molecule is CC(C)(C)COc1cccc(-c2ccccn2)c1. The van der Waals surface area contributed by atoms with Crippen LogP contribution in [0.25, 0.3) is 11.3 Å². The van der Waals surface area contributed by atoms with E-state index >= 15 is 0 Å². The summed E-state index contributed by atoms with van der Waals surface area (Å²) < 4.78 is 5.80. The first-order chi connectivity index (χ1) is 8.54. The maximum atomic E-state index is 5.80. The van der Waals surface area contributed by atoms with Crippen molar-refractivity contribution in [2.24, 2.45) is 5.41 Å². The van der Waals surface area contributed by atoms with Gasteiger partial charge in [0.2, 0.25) is 0 Å². The van der Waals surface area contributed by atoms with Gasteiger partial charge in [-0.25, -0.2) is 0 Å². The predicted molar refractivity (Wildman–Crippen MR) is 74.6 cm³/mol. The zero-order valence-electron chi connectivity index (χ0n) is 11.2. The standard InChI is InChI=1S/C16H19NO/c1-16(2,3)12-18-14-8-6-7-13(11-14)15-9-4-5-10-17-15/h4-11H,12H2,1-3H3. The van der Waals surface area contributed by atoms with Gasteiger partial charge in [0.05, 0.1) is 12.3 Å². The molecule has 0 aliphatic rings. The largest absolute Gasteiger partial charge is 0.493 e. The minimum absolute atomic E-state index is 0.168. The van der Waals surface area contributed by atoms with Crippen molar-refractivity contribution in [3.05, 3.63) is 48.7 Å². The van der Waals surface area contributed by atoms with Crippen molar-refractivity contribution in [2.75, 3.05) is 6.61 Å². The van der Waals surface area contributed by atoms with Gasteiger partial charge in [0.1, 0.15) is 5.75 Å². The smallest absolute Gasteiger partial charge is 0.119 e. The minimum Gasteiger partial charge on any atom is -0.493 e. The van der Waals surface area contributed by atoms with Gasteiger partial charge < -0.3 is 4.74 Å². The van der Waals surface area contributed by atoms with E-state index in [1.54, 1.807) is 6.20 Å². The monoisotopic (exact) mass is 241 g/mol. The summed E-state index contributed by atoms with van der Waals surface area (Å²) in [5.41, 5.74) is 2.22. The van der Waals surface area contributed by atoms with Crippen LogP contribution in [-0.2, 0) is 0 Å². The van der Waals surface area contributed by atoms with Gasteiger partial charge in [0.25, 0.3) is 0 Å². The Hall–Kier alpha value is -1.83. The molecule has 0 amide bonds. The van der Waals surface area contributed by atoms with Gasteiger partial charge in [-0.15, -0.1) is 0 Å². The number of ether oxygens (including phenoxy) is 1. The second kappa shape index (κ2) is 5.21. The highest BCUT2D eigenvalue weighted by molar-refractivity contribution is 5.60. The molecule has 18 heavy (non-hydrogen) atoms. The molecule has 1 aromatic heterocycles. The van der Waals surface area contributed by atoms with Gasteiger partial charge in [-0.05, 0) is 29.7 Å². The lowest BCUT2D eigenvalue weighted by atomic mass is 9.99. The fourth-order valence-electron chi connectivity index (χ4n) is 1.58. The molecule has 0 N–H and O–H groups in total. The Morgan fingerprint density at radius 2 is 1.89 bits per heavy atom. The third-order valence-electron chi connectivity index (χ3n) is 2.47. The lowest BCUT2D eigenvalue weighted by Gasteiger charge is -2.19. The second-order valence-electron chi connectivity index (χ2n) is 5.59. The quantitative estimate of drug-likeness (QED) is 0.804. The molecular weight excluding hydrogens is 222 g/mol. The normalized spacial score (nSPS) is 11.3. The van der Waals surface area contributed by atoms with Gasteiger partial charge >= 0.3 is 0 Å². The van der Waals surface area contributed by atoms with Gasteiger partial charge in [0, 0.05) is 11.8 Å². The molecule has 0 bridgehead atoms. The van der Waals surface area contributed by atoms with Crippen LogP contribution >= 0.6 is 0 Å². The van der Waals surface area contributed by atoms with Crippen molar-refractivity contribution < 1.29 is 4.74 Å². The Balaban J connectivity index is 2.16. The summed E-state index contributed by atoms with van der Waals surface area (Å²) in [6.45, 7) is 7.19. The number of nitrogens with zero attached hydrogens (tertiary/aromatic N) is 1. The molecule has 1 aromatic carbocycles. The molecule has 0 aliphatic heterocycles. The Morgan fingerprint density at radius 3 is 2.56 bits per heavy atom. The molecule has 0 saturated heterocycles. The summed E-state index contributed by atoms with van der Waals surface area (Å²) >= 11 is 0. The van der Waals surface area contributed by atoms with E-state index in [-0.39, 0.29) is 5.41 Å². The fourth-order valence-corrected chi connectivity index (χ4v) is 1.58. The van der Waals surface area contributed by atoms with Crippen LogP contribution < -0.4 is 4.74 Å². The number of hydrogen-bond acceptors (Lipinski definition) is 2. The first-order valence-electron chi connectivity index (χ1n) is 6.19. The first-order valence-corrected chi connectivity index (χ1v) is 6.19. The summed E-state index contributed by atoms with van der Waals surface area (Å²) in [6, 6.07) is 14.0. The van der Waals surface area contributed by atoms with Crippen LogP contribution in [0, 0.1) is 5.41 Å². The topological polar surface area (TPSA) is 22.1 Å². The lowest BCUT2D eigenvalue weighted by Crippen LogP contribution is -2.16. The Kier molecular flexibility index (Phi) is 3.66. The van der Waals surface area contributed by atoms with E-state index in [1.165, 1.54) is 0 Å². The fraction of sp³-hybridized carbons (Fsp3) is 0.312. The number of benzene rings is 1. The number of rotatable bonds is 3. The number of aromatic nitrogens is 1. The van der Waals surface area contributed by atoms with Crippen LogP contribution in [0.3, 0.4) is 0 Å². The van der Waals surface area contributed by atoms with Gasteiger partial charge in [-0.1, -0.05) is 39.0 Å². The van der Waals surface area contributed by atoms with Crippen LogP contribution in [-0.4, -0.2) is 11.6 Å². The van der Waals surface area contributed by atoms with E-state index in [1.807, 2.05) is 42.5 Å². The molecule has 0 spiro atoms. The molecule has 0 atom stereocenters. The van der Waals surface area contributed by atoms with E-state index < -0.39 is 0 Å². The zero-order chi connectivity index (χ0) is 13.0. The highest BCUT2D eigenvalue weighted by atomic mass is 16.5. The minimum atomic E-state index is 0.168. The third kappa shape index (κ3) is 3.59. The van der Waals surface area contributed by atoms with Crippen molar-refractivity contribution >= 4 is 0 Å². The molecule has 2 heteroatoms. The summed E-state index contributed by atoms with van der Waals surface area (Å²) in [5.74, 6) is 0.896. The molecular formula is C16H19NO. The molecule has 0 fully saturated rings. The highest BCUT2D eigenvalue weighted by Gasteiger charge is 2.11. The third-order valence-corrected chi connectivity index (χ3v) is 2.47. The van der Waals surface area contributed by atoms with Crippen molar-refractivity contribution in [3.8, 4) is 17.0 Å². The van der Waals surface area contributed by atoms with Gasteiger partial charge in [-0.3, -0.25) is 4.98 Å². The Bertz CT molecular complexity index is 500. The predicted octanol–water partition coefficient (Wildman–Crippen LogP) is 4.17. The molecule has 0 radical (unpaired) electrons. The van der Waals surface area contributed by atoms with E-state index in [0.717, 1.165) is 17.0 Å². The maximum Gasteiger partial charge on any atom is 0.119 e.